The van der Waals surface area contributed by atoms with Gasteiger partial charge in [0.2, 0.25) is 0 Å². The van der Waals surface area contributed by atoms with E-state index in [0.29, 0.717) is 6.42 Å². The molecule has 1 N–H and O–H groups in total. The normalized spacial score (nSPS) is 10.9. The predicted octanol–water partition coefficient (Wildman–Crippen LogP) is 5.49. The fraction of sp³-hybridized carbons (Fsp3) is 0.706. The Kier molecular flexibility index (Phi) is 14.2. The fourth-order valence-corrected chi connectivity index (χ4v) is 2.03. The Balaban J connectivity index is 3.09. The Hall–Kier alpha value is -1.05. The Labute approximate surface area is 118 Å². The summed E-state index contributed by atoms with van der Waals surface area (Å²) in [4.78, 5) is 10.3. The van der Waals surface area contributed by atoms with Gasteiger partial charge in [0.15, 0.2) is 0 Å². The molecule has 0 saturated heterocycles. The summed E-state index contributed by atoms with van der Waals surface area (Å²) in [5.74, 6) is -0.677. The van der Waals surface area contributed by atoms with E-state index in [-0.39, 0.29) is 0 Å². The molecular weight excluding hydrogens is 236 g/mol. The van der Waals surface area contributed by atoms with Crippen molar-refractivity contribution in [2.45, 2.75) is 77.0 Å². The molecule has 0 aromatic heterocycles. The van der Waals surface area contributed by atoms with E-state index in [1.807, 2.05) is 6.08 Å². The summed E-state index contributed by atoms with van der Waals surface area (Å²) in [5.41, 5.74) is 0. The molecule has 0 radical (unpaired) electrons. The SMILES string of the molecule is C=CCCCCCCC/C=C/CCCCCC(=O)O. The number of allylic oxidation sites excluding steroid dienone is 3. The second-order valence-electron chi connectivity index (χ2n) is 5.10. The van der Waals surface area contributed by atoms with Gasteiger partial charge in [0.1, 0.15) is 0 Å². The van der Waals surface area contributed by atoms with Gasteiger partial charge in [-0.05, 0) is 44.9 Å². The number of hydrogen-bond donors (Lipinski definition) is 1. The maximum absolute atomic E-state index is 10.3. The highest BCUT2D eigenvalue weighted by Crippen LogP contribution is 2.08. The molecule has 0 rings (SSSR count). The van der Waals surface area contributed by atoms with Crippen molar-refractivity contribution in [2.24, 2.45) is 0 Å². The molecule has 0 spiro atoms. The third-order valence-corrected chi connectivity index (χ3v) is 3.21. The van der Waals surface area contributed by atoms with Gasteiger partial charge in [0.25, 0.3) is 0 Å². The third-order valence-electron chi connectivity index (χ3n) is 3.21. The molecule has 0 heterocycles. The molecule has 0 saturated carbocycles. The molecule has 0 unspecified atom stereocenters. The van der Waals surface area contributed by atoms with Gasteiger partial charge in [-0.15, -0.1) is 6.58 Å². The van der Waals surface area contributed by atoms with E-state index in [0.717, 1.165) is 32.1 Å². The zero-order valence-electron chi connectivity index (χ0n) is 12.3. The summed E-state index contributed by atoms with van der Waals surface area (Å²) in [6.45, 7) is 3.73. The summed E-state index contributed by atoms with van der Waals surface area (Å²) in [7, 11) is 0. The number of carboxylic acid groups (broad SMARTS) is 1. The summed E-state index contributed by atoms with van der Waals surface area (Å²) in [5, 5.41) is 8.49. The number of aliphatic carboxylic acids is 1. The number of hydrogen-bond acceptors (Lipinski definition) is 1. The van der Waals surface area contributed by atoms with Crippen LogP contribution in [0.25, 0.3) is 0 Å². The van der Waals surface area contributed by atoms with Gasteiger partial charge in [0.05, 0.1) is 0 Å². The van der Waals surface area contributed by atoms with Crippen molar-refractivity contribution in [3.8, 4) is 0 Å². The van der Waals surface area contributed by atoms with Crippen molar-refractivity contribution in [1.29, 1.82) is 0 Å². The van der Waals surface area contributed by atoms with Crippen LogP contribution in [0.15, 0.2) is 24.8 Å². The monoisotopic (exact) mass is 266 g/mol. The van der Waals surface area contributed by atoms with Crippen LogP contribution in [0.1, 0.15) is 77.0 Å². The quantitative estimate of drug-likeness (QED) is 0.333. The maximum atomic E-state index is 10.3. The van der Waals surface area contributed by atoms with Crippen molar-refractivity contribution in [3.63, 3.8) is 0 Å². The highest BCUT2D eigenvalue weighted by Gasteiger charge is 1.95. The van der Waals surface area contributed by atoms with Gasteiger partial charge in [-0.2, -0.15) is 0 Å². The van der Waals surface area contributed by atoms with E-state index in [1.165, 1.54) is 38.5 Å². The van der Waals surface area contributed by atoms with Crippen LogP contribution in [0.2, 0.25) is 0 Å². The fourth-order valence-electron chi connectivity index (χ4n) is 2.03. The van der Waals surface area contributed by atoms with Gasteiger partial charge < -0.3 is 5.11 Å². The Morgan fingerprint density at radius 2 is 1.26 bits per heavy atom. The van der Waals surface area contributed by atoms with E-state index in [1.54, 1.807) is 0 Å². The van der Waals surface area contributed by atoms with E-state index < -0.39 is 5.97 Å². The van der Waals surface area contributed by atoms with Gasteiger partial charge in [-0.3, -0.25) is 4.79 Å². The number of unbranched alkanes of at least 4 members (excludes halogenated alkanes) is 9. The third kappa shape index (κ3) is 16.9. The lowest BCUT2D eigenvalue weighted by atomic mass is 10.1. The molecule has 0 amide bonds. The lowest BCUT2D eigenvalue weighted by Crippen LogP contribution is -1.93. The number of carbonyl (C=O) groups is 1. The molecule has 0 atom stereocenters. The minimum absolute atomic E-state index is 0.315. The van der Waals surface area contributed by atoms with Crippen LogP contribution in [0.5, 0.6) is 0 Å². The van der Waals surface area contributed by atoms with Crippen LogP contribution in [-0.2, 0) is 4.79 Å². The van der Waals surface area contributed by atoms with Gasteiger partial charge >= 0.3 is 5.97 Å². The van der Waals surface area contributed by atoms with Crippen LogP contribution < -0.4 is 0 Å². The second-order valence-corrected chi connectivity index (χ2v) is 5.10. The van der Waals surface area contributed by atoms with Crippen LogP contribution in [0.4, 0.5) is 0 Å². The summed E-state index contributed by atoms with van der Waals surface area (Å²) in [6, 6.07) is 0. The van der Waals surface area contributed by atoms with Gasteiger partial charge in [-0.1, -0.05) is 43.9 Å². The van der Waals surface area contributed by atoms with Crippen molar-refractivity contribution in [3.05, 3.63) is 24.8 Å². The predicted molar refractivity (Wildman–Crippen MR) is 82.4 cm³/mol. The first-order valence-electron chi connectivity index (χ1n) is 7.75. The Morgan fingerprint density at radius 1 is 0.789 bits per heavy atom. The summed E-state index contributed by atoms with van der Waals surface area (Å²) >= 11 is 0. The maximum Gasteiger partial charge on any atom is 0.303 e. The highest BCUT2D eigenvalue weighted by molar-refractivity contribution is 5.66. The molecule has 0 aromatic carbocycles. The minimum atomic E-state index is -0.677. The van der Waals surface area contributed by atoms with Crippen LogP contribution in [-0.4, -0.2) is 11.1 Å². The molecular formula is C17H30O2. The number of rotatable bonds is 14. The van der Waals surface area contributed by atoms with Crippen molar-refractivity contribution in [1.82, 2.24) is 0 Å². The van der Waals surface area contributed by atoms with E-state index >= 15 is 0 Å². The lowest BCUT2D eigenvalue weighted by Gasteiger charge is -1.98. The van der Waals surface area contributed by atoms with Gasteiger partial charge in [0, 0.05) is 6.42 Å². The van der Waals surface area contributed by atoms with E-state index in [4.69, 9.17) is 5.11 Å². The van der Waals surface area contributed by atoms with Crippen molar-refractivity contribution in [2.75, 3.05) is 0 Å². The molecule has 19 heavy (non-hydrogen) atoms. The summed E-state index contributed by atoms with van der Waals surface area (Å²) < 4.78 is 0. The Morgan fingerprint density at radius 3 is 1.79 bits per heavy atom. The van der Waals surface area contributed by atoms with E-state index in [9.17, 15) is 4.79 Å². The average Bonchev–Trinajstić information content (AvgIpc) is 2.39. The molecule has 0 aliphatic heterocycles. The highest BCUT2D eigenvalue weighted by atomic mass is 16.4. The molecule has 0 aromatic rings. The number of carboxylic acids is 1. The van der Waals surface area contributed by atoms with Crippen molar-refractivity contribution >= 4 is 5.97 Å². The van der Waals surface area contributed by atoms with Crippen LogP contribution >= 0.6 is 0 Å². The first-order valence-corrected chi connectivity index (χ1v) is 7.75. The molecule has 2 nitrogen and oxygen atoms in total. The Bertz CT molecular complexity index is 244. The molecule has 2 heteroatoms. The standard InChI is InChI=1S/C17H30O2/c1-2-3-4-5-6-7-8-9-10-11-12-13-14-15-16-17(18)19/h2,10-11H,1,3-9,12-16H2,(H,18,19)/b11-10+. The van der Waals surface area contributed by atoms with Crippen LogP contribution in [0, 0.1) is 0 Å². The molecule has 0 aliphatic carbocycles. The molecule has 0 aliphatic rings. The first kappa shape index (κ1) is 17.9. The smallest absolute Gasteiger partial charge is 0.303 e. The largest absolute Gasteiger partial charge is 0.481 e. The minimum Gasteiger partial charge on any atom is -0.481 e. The first-order chi connectivity index (χ1) is 9.27. The summed E-state index contributed by atoms with van der Waals surface area (Å²) in [6.07, 6.45) is 19.8. The zero-order valence-corrected chi connectivity index (χ0v) is 12.3. The topological polar surface area (TPSA) is 37.3 Å². The average molecular weight is 266 g/mol. The van der Waals surface area contributed by atoms with Gasteiger partial charge in [-0.25, -0.2) is 0 Å². The molecule has 0 bridgehead atoms. The molecule has 0 fully saturated rings. The zero-order chi connectivity index (χ0) is 14.2. The van der Waals surface area contributed by atoms with E-state index in [2.05, 4.69) is 18.7 Å². The lowest BCUT2D eigenvalue weighted by molar-refractivity contribution is -0.137. The molecule has 110 valence electrons. The second kappa shape index (κ2) is 15.0. The van der Waals surface area contributed by atoms with Crippen molar-refractivity contribution < 1.29 is 9.90 Å². The van der Waals surface area contributed by atoms with Crippen LogP contribution in [0.3, 0.4) is 0 Å².